The van der Waals surface area contributed by atoms with Crippen LogP contribution in [0.15, 0.2) is 72.8 Å². The van der Waals surface area contributed by atoms with Gasteiger partial charge in [0.15, 0.2) is 6.61 Å². The van der Waals surface area contributed by atoms with E-state index < -0.39 is 42.3 Å². The first-order valence-corrected chi connectivity index (χ1v) is 14.1. The quantitative estimate of drug-likeness (QED) is 0.327. The van der Waals surface area contributed by atoms with Crippen LogP contribution in [-0.2, 0) is 23.9 Å². The number of ether oxygens (including phenoxy) is 2. The fourth-order valence-corrected chi connectivity index (χ4v) is 6.91. The fraction of sp³-hybridized carbons (Fsp3) is 0.333. The molecule has 0 spiro atoms. The number of imide groups is 1. The molecule has 4 aliphatic rings. The molecular formula is C33H32N2O6. The van der Waals surface area contributed by atoms with Crippen LogP contribution in [0.1, 0.15) is 54.9 Å². The number of carbonyl (C=O) groups is 4. The Morgan fingerprint density at radius 1 is 0.805 bits per heavy atom. The molecule has 7 rings (SSSR count). The Morgan fingerprint density at radius 2 is 1.29 bits per heavy atom. The maximum atomic E-state index is 14.1. The molecule has 3 aromatic rings. The number of anilines is 1. The van der Waals surface area contributed by atoms with E-state index in [1.807, 2.05) is 55.5 Å². The lowest BCUT2D eigenvalue weighted by atomic mass is 9.55. The van der Waals surface area contributed by atoms with Crippen molar-refractivity contribution in [3.8, 4) is 5.75 Å². The molecule has 41 heavy (non-hydrogen) atoms. The van der Waals surface area contributed by atoms with E-state index in [0.717, 1.165) is 27.2 Å². The first kappa shape index (κ1) is 26.7. The normalized spacial score (nSPS) is 22.6. The van der Waals surface area contributed by atoms with Gasteiger partial charge >= 0.3 is 5.97 Å². The summed E-state index contributed by atoms with van der Waals surface area (Å²) in [5.41, 5.74) is 4.71. The van der Waals surface area contributed by atoms with Crippen LogP contribution in [0, 0.1) is 17.8 Å². The highest BCUT2D eigenvalue weighted by Gasteiger charge is 2.63. The molecule has 0 saturated carbocycles. The SMILES string of the molecule is CCOc1ccccc1NC(=O)COC(=O)[C@H](C(C)C)N1C(=O)[C@@H]2C3c4ccccc4C(c4ccccc43)[C@H]2C1=O. The zero-order valence-corrected chi connectivity index (χ0v) is 23.2. The molecule has 8 nitrogen and oxygen atoms in total. The lowest BCUT2D eigenvalue weighted by Gasteiger charge is -2.45. The molecule has 210 valence electrons. The van der Waals surface area contributed by atoms with E-state index >= 15 is 0 Å². The Balaban J connectivity index is 1.24. The number of nitrogens with zero attached hydrogens (tertiary/aromatic N) is 1. The molecular weight excluding hydrogens is 520 g/mol. The summed E-state index contributed by atoms with van der Waals surface area (Å²) in [5.74, 6) is -3.68. The van der Waals surface area contributed by atoms with Crippen molar-refractivity contribution in [3.63, 3.8) is 0 Å². The number of benzene rings is 3. The van der Waals surface area contributed by atoms with Gasteiger partial charge in [-0.2, -0.15) is 0 Å². The molecule has 0 radical (unpaired) electrons. The smallest absolute Gasteiger partial charge is 0.330 e. The van der Waals surface area contributed by atoms with Crippen LogP contribution in [-0.4, -0.2) is 47.8 Å². The first-order chi connectivity index (χ1) is 19.8. The zero-order chi connectivity index (χ0) is 28.8. The summed E-state index contributed by atoms with van der Waals surface area (Å²) >= 11 is 0. The molecule has 1 N–H and O–H groups in total. The van der Waals surface area contributed by atoms with E-state index in [2.05, 4.69) is 5.32 Å². The van der Waals surface area contributed by atoms with Gasteiger partial charge in [-0.25, -0.2) is 4.79 Å². The second kappa shape index (κ2) is 10.5. The second-order valence-corrected chi connectivity index (χ2v) is 11.1. The largest absolute Gasteiger partial charge is 0.492 e. The van der Waals surface area contributed by atoms with E-state index in [1.54, 1.807) is 38.1 Å². The number of carbonyl (C=O) groups excluding carboxylic acids is 4. The van der Waals surface area contributed by atoms with E-state index in [9.17, 15) is 19.2 Å². The van der Waals surface area contributed by atoms with Gasteiger partial charge in [-0.3, -0.25) is 19.3 Å². The number of hydrogen-bond acceptors (Lipinski definition) is 6. The third kappa shape index (κ3) is 4.29. The van der Waals surface area contributed by atoms with Crippen molar-refractivity contribution in [2.75, 3.05) is 18.5 Å². The summed E-state index contributed by atoms with van der Waals surface area (Å²) in [6, 6.07) is 21.8. The van der Waals surface area contributed by atoms with Crippen molar-refractivity contribution < 1.29 is 28.7 Å². The molecule has 0 unspecified atom stereocenters. The highest BCUT2D eigenvalue weighted by Crippen LogP contribution is 2.61. The molecule has 0 aromatic heterocycles. The minimum absolute atomic E-state index is 0.265. The Hall–Kier alpha value is -4.46. The maximum Gasteiger partial charge on any atom is 0.330 e. The number of hydrogen-bond donors (Lipinski definition) is 1. The van der Waals surface area contributed by atoms with Crippen LogP contribution in [0.4, 0.5) is 5.69 Å². The van der Waals surface area contributed by atoms with Gasteiger partial charge in [-0.1, -0.05) is 74.5 Å². The van der Waals surface area contributed by atoms with E-state index in [4.69, 9.17) is 9.47 Å². The highest BCUT2D eigenvalue weighted by molar-refractivity contribution is 6.10. The monoisotopic (exact) mass is 552 g/mol. The van der Waals surface area contributed by atoms with Crippen LogP contribution in [0.2, 0.25) is 0 Å². The minimum atomic E-state index is -1.14. The fourth-order valence-electron chi connectivity index (χ4n) is 6.91. The maximum absolute atomic E-state index is 14.1. The van der Waals surface area contributed by atoms with Crippen molar-refractivity contribution in [2.45, 2.75) is 38.6 Å². The molecule has 1 saturated heterocycles. The summed E-state index contributed by atoms with van der Waals surface area (Å²) in [6.07, 6.45) is 0. The molecule has 3 atom stereocenters. The van der Waals surface area contributed by atoms with E-state index in [1.165, 1.54) is 0 Å². The molecule has 3 aromatic carbocycles. The molecule has 8 heteroatoms. The summed E-state index contributed by atoms with van der Waals surface area (Å²) in [7, 11) is 0. The number of amides is 3. The topological polar surface area (TPSA) is 102 Å². The first-order valence-electron chi connectivity index (χ1n) is 14.1. The third-order valence-electron chi connectivity index (χ3n) is 8.44. The molecule has 1 fully saturated rings. The predicted octanol–water partition coefficient (Wildman–Crippen LogP) is 4.48. The number of likely N-dealkylation sites (tertiary alicyclic amines) is 1. The third-order valence-corrected chi connectivity index (χ3v) is 8.44. The number of nitrogens with one attached hydrogen (secondary N) is 1. The van der Waals surface area contributed by atoms with Crippen molar-refractivity contribution in [1.29, 1.82) is 0 Å². The van der Waals surface area contributed by atoms with Crippen LogP contribution in [0.5, 0.6) is 5.75 Å². The number of rotatable bonds is 8. The van der Waals surface area contributed by atoms with Gasteiger partial charge in [0.2, 0.25) is 11.8 Å². The Kier molecular flexibility index (Phi) is 6.85. The second-order valence-electron chi connectivity index (χ2n) is 11.1. The van der Waals surface area contributed by atoms with Crippen molar-refractivity contribution in [3.05, 3.63) is 95.1 Å². The van der Waals surface area contributed by atoms with Gasteiger partial charge in [-0.05, 0) is 47.2 Å². The molecule has 1 aliphatic heterocycles. The van der Waals surface area contributed by atoms with E-state index in [-0.39, 0.29) is 23.7 Å². The van der Waals surface area contributed by atoms with Crippen LogP contribution < -0.4 is 10.1 Å². The molecule has 3 aliphatic carbocycles. The number of para-hydroxylation sites is 2. The summed E-state index contributed by atoms with van der Waals surface area (Å²) in [5, 5.41) is 2.70. The van der Waals surface area contributed by atoms with Crippen molar-refractivity contribution >= 4 is 29.4 Å². The van der Waals surface area contributed by atoms with Crippen LogP contribution >= 0.6 is 0 Å². The van der Waals surface area contributed by atoms with Gasteiger partial charge in [0.1, 0.15) is 11.8 Å². The molecule has 1 heterocycles. The summed E-state index contributed by atoms with van der Waals surface area (Å²) in [4.78, 5) is 55.4. The average molecular weight is 553 g/mol. The van der Waals surface area contributed by atoms with E-state index in [0.29, 0.717) is 18.0 Å². The van der Waals surface area contributed by atoms with Gasteiger partial charge in [-0.15, -0.1) is 0 Å². The van der Waals surface area contributed by atoms with Gasteiger partial charge in [0.05, 0.1) is 24.1 Å². The molecule has 2 bridgehead atoms. The molecule has 3 amide bonds. The lowest BCUT2D eigenvalue weighted by Crippen LogP contribution is -2.49. The Labute approximate surface area is 238 Å². The van der Waals surface area contributed by atoms with Gasteiger partial charge < -0.3 is 14.8 Å². The highest BCUT2D eigenvalue weighted by atomic mass is 16.5. The predicted molar refractivity (Wildman–Crippen MR) is 151 cm³/mol. The average Bonchev–Trinajstić information content (AvgIpc) is 3.23. The minimum Gasteiger partial charge on any atom is -0.492 e. The Bertz CT molecular complexity index is 1430. The standard InChI is InChI=1S/C33H32N2O6/c1-4-40-24-16-10-9-15-23(24)34-25(36)17-41-33(39)30(18(2)3)35-31(37)28-26-19-11-5-6-12-20(19)27(29(28)32(35)38)22-14-8-7-13-21(22)26/h5-16,18,26-30H,4,17H2,1-3H3,(H,34,36)/t26?,27?,28-,29-,30+/m1/s1. The number of esters is 1. The zero-order valence-electron chi connectivity index (χ0n) is 23.2. The van der Waals surface area contributed by atoms with Gasteiger partial charge in [0.25, 0.3) is 5.91 Å². The summed E-state index contributed by atoms with van der Waals surface area (Å²) in [6.45, 7) is 5.24. The van der Waals surface area contributed by atoms with Crippen LogP contribution in [0.25, 0.3) is 0 Å². The Morgan fingerprint density at radius 3 is 1.78 bits per heavy atom. The lowest BCUT2D eigenvalue weighted by molar-refractivity contribution is -0.162. The van der Waals surface area contributed by atoms with Crippen molar-refractivity contribution in [1.82, 2.24) is 4.90 Å². The summed E-state index contributed by atoms with van der Waals surface area (Å²) < 4.78 is 11.0. The van der Waals surface area contributed by atoms with Gasteiger partial charge in [0, 0.05) is 11.8 Å². The van der Waals surface area contributed by atoms with Crippen molar-refractivity contribution in [2.24, 2.45) is 17.8 Å². The van der Waals surface area contributed by atoms with Crippen LogP contribution in [0.3, 0.4) is 0 Å².